The number of benzene rings is 6. The SMILES string of the molecule is C[C@@H](N)c1cccc(F)c1.C[C@@H](Nc1cnc2cc(-c3cn[nH]c3)ccc2n1)c1cccc(F)c1.C[C@@H](Nc1cnc2cc(Br)ccc2n1)c1cccc(F)c1.Clc1cnc2cc(Br)ccc2n1.Cn1cc(B2OC(C)(C)C(C)(C)O2)cn1. The van der Waals surface area contributed by atoms with Crippen LogP contribution in [0.5, 0.6) is 0 Å². The van der Waals surface area contributed by atoms with Crippen LogP contribution >= 0.6 is 43.5 Å². The van der Waals surface area contributed by atoms with E-state index in [1.54, 1.807) is 47.7 Å². The minimum atomic E-state index is -0.302. The number of H-pyrrole nitrogens is 1. The predicted molar refractivity (Wildman–Crippen MR) is 331 cm³/mol. The van der Waals surface area contributed by atoms with E-state index in [1.807, 2.05) is 141 Å². The Hall–Kier alpha value is -7.66. The number of halogens is 6. The second kappa shape index (κ2) is 27.6. The number of nitrogens with one attached hydrogen (secondary N) is 3. The highest BCUT2D eigenvalue weighted by molar-refractivity contribution is 9.10. The number of hydrogen-bond donors (Lipinski definition) is 4. The maximum atomic E-state index is 13.4. The van der Waals surface area contributed by atoms with Crippen molar-refractivity contribution in [2.24, 2.45) is 12.8 Å². The van der Waals surface area contributed by atoms with Gasteiger partial charge in [-0.1, -0.05) is 85.9 Å². The first kappa shape index (κ1) is 61.4. The number of hydrogen-bond acceptors (Lipinski definition) is 13. The number of anilines is 2. The van der Waals surface area contributed by atoms with E-state index in [9.17, 15) is 13.2 Å². The molecule has 0 amide bonds. The number of aromatic amines is 1. The lowest BCUT2D eigenvalue weighted by molar-refractivity contribution is 0.00578. The minimum Gasteiger partial charge on any atom is -0.399 e. The summed E-state index contributed by atoms with van der Waals surface area (Å²) in [5.41, 5.74) is 15.4. The zero-order valence-corrected chi connectivity index (χ0v) is 50.6. The molecule has 426 valence electrons. The molecule has 6 aromatic carbocycles. The fraction of sp³-hybridized carbons (Fsp3) is 0.213. The molecule has 6 heterocycles. The molecule has 0 bridgehead atoms. The summed E-state index contributed by atoms with van der Waals surface area (Å²) in [6.45, 7) is 13.9. The third-order valence-electron chi connectivity index (χ3n) is 13.4. The first-order chi connectivity index (χ1) is 39.6. The van der Waals surface area contributed by atoms with E-state index in [2.05, 4.69) is 87.7 Å². The molecule has 15 nitrogen and oxygen atoms in total. The second-order valence-corrected chi connectivity index (χ2v) is 22.6. The Labute approximate surface area is 501 Å². The van der Waals surface area contributed by atoms with E-state index < -0.39 is 0 Å². The van der Waals surface area contributed by atoms with Gasteiger partial charge in [-0.05, 0) is 156 Å². The van der Waals surface area contributed by atoms with E-state index in [4.69, 9.17) is 26.6 Å². The molecule has 12 rings (SSSR count). The first-order valence-corrected chi connectivity index (χ1v) is 28.2. The van der Waals surface area contributed by atoms with Crippen molar-refractivity contribution in [3.05, 3.63) is 219 Å². The third-order valence-corrected chi connectivity index (χ3v) is 14.6. The highest BCUT2D eigenvalue weighted by atomic mass is 79.9. The summed E-state index contributed by atoms with van der Waals surface area (Å²) in [6.07, 6.45) is 12.2. The van der Waals surface area contributed by atoms with Gasteiger partial charge in [-0.2, -0.15) is 10.2 Å². The van der Waals surface area contributed by atoms with Crippen LogP contribution in [0.1, 0.15) is 83.3 Å². The van der Waals surface area contributed by atoms with Crippen molar-refractivity contribution in [2.45, 2.75) is 77.8 Å². The summed E-state index contributed by atoms with van der Waals surface area (Å²) in [5, 5.41) is 17.8. The van der Waals surface area contributed by atoms with Crippen LogP contribution in [0.25, 0.3) is 44.2 Å². The van der Waals surface area contributed by atoms with Crippen LogP contribution < -0.4 is 21.8 Å². The van der Waals surface area contributed by atoms with Crippen LogP contribution in [0.4, 0.5) is 24.8 Å². The number of aromatic nitrogens is 10. The molecule has 0 unspecified atom stereocenters. The molecule has 1 aliphatic heterocycles. The van der Waals surface area contributed by atoms with Gasteiger partial charge in [-0.15, -0.1) is 0 Å². The van der Waals surface area contributed by atoms with Crippen LogP contribution in [-0.4, -0.2) is 68.2 Å². The monoisotopic (exact) mass is 1270 g/mol. The Bertz CT molecular complexity index is 3900. The zero-order valence-electron chi connectivity index (χ0n) is 46.7. The van der Waals surface area contributed by atoms with Crippen LogP contribution in [-0.2, 0) is 16.4 Å². The van der Waals surface area contributed by atoms with Gasteiger partial charge in [-0.3, -0.25) is 24.7 Å². The van der Waals surface area contributed by atoms with Gasteiger partial charge in [0.25, 0.3) is 0 Å². The summed E-state index contributed by atoms with van der Waals surface area (Å²) in [5.74, 6) is 0.606. The number of fused-ring (bicyclic) bond motifs is 3. The summed E-state index contributed by atoms with van der Waals surface area (Å²) in [4.78, 5) is 26.2. The number of nitrogens with two attached hydrogens (primary N) is 1. The van der Waals surface area contributed by atoms with Gasteiger partial charge < -0.3 is 25.7 Å². The lowest BCUT2D eigenvalue weighted by Crippen LogP contribution is -2.41. The quantitative estimate of drug-likeness (QED) is 0.0999. The maximum absolute atomic E-state index is 13.4. The van der Waals surface area contributed by atoms with Gasteiger partial charge in [0.15, 0.2) is 0 Å². The summed E-state index contributed by atoms with van der Waals surface area (Å²) >= 11 is 12.4. The molecule has 1 saturated heterocycles. The van der Waals surface area contributed by atoms with Gasteiger partial charge in [0, 0.05) is 51.7 Å². The average Bonchev–Trinajstić information content (AvgIpc) is 4.38. The summed E-state index contributed by atoms with van der Waals surface area (Å²) < 4.78 is 54.6. The van der Waals surface area contributed by atoms with Crippen molar-refractivity contribution in [1.82, 2.24) is 49.9 Å². The van der Waals surface area contributed by atoms with Gasteiger partial charge in [0.05, 0.1) is 81.2 Å². The van der Waals surface area contributed by atoms with Gasteiger partial charge in [0.2, 0.25) is 0 Å². The van der Waals surface area contributed by atoms with Crippen molar-refractivity contribution in [1.29, 1.82) is 0 Å². The van der Waals surface area contributed by atoms with Crippen molar-refractivity contribution in [3.63, 3.8) is 0 Å². The molecule has 0 radical (unpaired) electrons. The van der Waals surface area contributed by atoms with Crippen molar-refractivity contribution >= 4 is 101 Å². The lowest BCUT2D eigenvalue weighted by atomic mass is 9.82. The van der Waals surface area contributed by atoms with E-state index in [-0.39, 0.29) is 53.9 Å². The normalized spacial score (nSPS) is 14.1. The van der Waals surface area contributed by atoms with Gasteiger partial charge in [-0.25, -0.2) is 28.1 Å². The molecule has 0 spiro atoms. The molecular formula is C61H60BBr2ClF3N13O2. The smallest absolute Gasteiger partial charge is 0.399 e. The van der Waals surface area contributed by atoms with Crippen LogP contribution in [0.2, 0.25) is 5.15 Å². The van der Waals surface area contributed by atoms with E-state index in [1.165, 1.54) is 42.6 Å². The van der Waals surface area contributed by atoms with Crippen molar-refractivity contribution in [3.8, 4) is 11.1 Å². The van der Waals surface area contributed by atoms with Gasteiger partial charge >= 0.3 is 7.12 Å². The Balaban J connectivity index is 0.000000141. The molecule has 5 aromatic heterocycles. The minimum absolute atomic E-state index is 0.0529. The van der Waals surface area contributed by atoms with E-state index in [0.29, 0.717) is 16.8 Å². The predicted octanol–water partition coefficient (Wildman–Crippen LogP) is 14.6. The van der Waals surface area contributed by atoms with E-state index >= 15 is 0 Å². The van der Waals surface area contributed by atoms with Crippen molar-refractivity contribution < 1.29 is 22.5 Å². The highest BCUT2D eigenvalue weighted by Crippen LogP contribution is 2.36. The van der Waals surface area contributed by atoms with Crippen LogP contribution in [0.3, 0.4) is 0 Å². The Morgan fingerprint density at radius 1 is 0.578 bits per heavy atom. The van der Waals surface area contributed by atoms with Crippen LogP contribution in [0, 0.1) is 17.5 Å². The molecule has 11 aromatic rings. The van der Waals surface area contributed by atoms with Gasteiger partial charge in [0.1, 0.15) is 34.2 Å². The molecule has 1 fully saturated rings. The first-order valence-electron chi connectivity index (χ1n) is 26.2. The molecule has 0 saturated carbocycles. The standard InChI is InChI=1S/C19H16FN5.C16H13BrFN3.C10H17BN2O2.C8H4BrClN2.C8H10FN/c1-12(13-3-2-4-16(20)7-13)24-19-11-21-18-8-14(5-6-17(18)25-19)15-9-22-23-10-15;1-10(11-3-2-4-13(18)7-11)20-16-9-19-15-8-12(17)5-6-14(15)21-16;1-9(2)10(3,4)15-11(14-9)8-6-12-13(5)7-8;9-5-1-2-6-7(3-5)11-4-8(10)12-6;1-6(10)7-3-2-4-8(9)5-7/h2-12H,1H3,(H,22,23)(H,24,25);2-10H,1H3,(H,20,21);6-7H,1-5H3;1-4H;2-6H,10H2,1H3/t12-;10-;;;6-/m11..1/s1. The molecule has 5 N–H and O–H groups in total. The lowest BCUT2D eigenvalue weighted by Gasteiger charge is -2.32. The highest BCUT2D eigenvalue weighted by Gasteiger charge is 2.52. The Morgan fingerprint density at radius 3 is 1.51 bits per heavy atom. The summed E-state index contributed by atoms with van der Waals surface area (Å²) in [7, 11) is 1.58. The number of rotatable bonds is 9. The molecule has 0 aliphatic carbocycles. The Kier molecular flexibility index (Phi) is 20.4. The fourth-order valence-corrected chi connectivity index (χ4v) is 9.01. The topological polar surface area (TPSA) is 192 Å². The van der Waals surface area contributed by atoms with Crippen LogP contribution in [0.15, 0.2) is 180 Å². The summed E-state index contributed by atoms with van der Waals surface area (Å²) in [6, 6.07) is 36.5. The third kappa shape index (κ3) is 17.0. The number of aryl methyl sites for hydroxylation is 1. The fourth-order valence-electron chi connectivity index (χ4n) is 8.18. The largest absolute Gasteiger partial charge is 0.498 e. The second-order valence-electron chi connectivity index (χ2n) is 20.4. The number of nitrogens with zero attached hydrogens (tertiary/aromatic N) is 9. The maximum Gasteiger partial charge on any atom is 0.498 e. The van der Waals surface area contributed by atoms with Crippen molar-refractivity contribution in [2.75, 3.05) is 10.6 Å². The molecule has 1 aliphatic rings. The Morgan fingerprint density at radius 2 is 1.05 bits per heavy atom. The molecule has 22 heteroatoms. The molecule has 83 heavy (non-hydrogen) atoms. The zero-order chi connectivity index (χ0) is 59.4. The molecule has 3 atom stereocenters. The van der Waals surface area contributed by atoms with E-state index in [0.717, 1.165) is 75.3 Å². The average molecular weight is 1270 g/mol. The molecular weight excluding hydrogens is 1210 g/mol.